The fourth-order valence-electron chi connectivity index (χ4n) is 3.00. The van der Waals surface area contributed by atoms with E-state index in [1.165, 1.54) is 32.1 Å². The second-order valence-corrected chi connectivity index (χ2v) is 5.68. The Morgan fingerprint density at radius 2 is 1.93 bits per heavy atom. The van der Waals surface area contributed by atoms with E-state index in [1.54, 1.807) is 0 Å². The molecule has 2 rings (SSSR count). The van der Waals surface area contributed by atoms with Crippen molar-refractivity contribution in [3.63, 3.8) is 0 Å². The molecule has 1 saturated carbocycles. The van der Waals surface area contributed by atoms with Crippen LogP contribution in [0.3, 0.4) is 0 Å². The van der Waals surface area contributed by atoms with Crippen molar-refractivity contribution < 1.29 is 4.79 Å². The summed E-state index contributed by atoms with van der Waals surface area (Å²) in [6, 6.07) is 0. The van der Waals surface area contributed by atoms with E-state index in [4.69, 9.17) is 0 Å². The van der Waals surface area contributed by atoms with Crippen LogP contribution in [0, 0.1) is 5.92 Å². The molecule has 15 heavy (non-hydrogen) atoms. The van der Waals surface area contributed by atoms with E-state index in [1.807, 2.05) is 0 Å². The molecule has 0 atom stereocenters. The average Bonchev–Trinajstić information content (AvgIpc) is 2.47. The van der Waals surface area contributed by atoms with Gasteiger partial charge in [0.1, 0.15) is 0 Å². The summed E-state index contributed by atoms with van der Waals surface area (Å²) in [5, 5.41) is 0. The minimum absolute atomic E-state index is 0.183. The number of likely N-dealkylation sites (tertiary alicyclic amines) is 1. The van der Waals surface area contributed by atoms with Crippen LogP contribution in [0.25, 0.3) is 0 Å². The fraction of sp³-hybridized carbons (Fsp3) is 0.923. The fourth-order valence-corrected chi connectivity index (χ4v) is 3.00. The minimum Gasteiger partial charge on any atom is -0.298 e. The number of ketones is 1. The van der Waals surface area contributed by atoms with Crippen molar-refractivity contribution in [1.29, 1.82) is 0 Å². The Labute approximate surface area is 93.0 Å². The normalized spacial score (nSPS) is 28.5. The van der Waals surface area contributed by atoms with E-state index in [-0.39, 0.29) is 5.54 Å². The van der Waals surface area contributed by atoms with E-state index < -0.39 is 0 Å². The molecule has 1 aliphatic heterocycles. The number of carbonyl (C=O) groups excluding carboxylic acids is 1. The van der Waals surface area contributed by atoms with Crippen LogP contribution < -0.4 is 0 Å². The molecule has 0 aromatic rings. The third kappa shape index (κ3) is 2.25. The first-order chi connectivity index (χ1) is 7.10. The zero-order valence-electron chi connectivity index (χ0n) is 10.1. The second-order valence-electron chi connectivity index (χ2n) is 5.68. The van der Waals surface area contributed by atoms with Gasteiger partial charge in [-0.05, 0) is 32.6 Å². The monoisotopic (exact) mass is 209 g/mol. The van der Waals surface area contributed by atoms with Gasteiger partial charge >= 0.3 is 0 Å². The summed E-state index contributed by atoms with van der Waals surface area (Å²) < 4.78 is 0. The van der Waals surface area contributed by atoms with Crippen molar-refractivity contribution in [2.24, 2.45) is 5.92 Å². The van der Waals surface area contributed by atoms with Crippen LogP contribution in [0.2, 0.25) is 0 Å². The summed E-state index contributed by atoms with van der Waals surface area (Å²) in [6.07, 6.45) is 7.72. The van der Waals surface area contributed by atoms with Gasteiger partial charge in [-0.25, -0.2) is 0 Å². The Morgan fingerprint density at radius 3 is 2.47 bits per heavy atom. The summed E-state index contributed by atoms with van der Waals surface area (Å²) in [6.45, 7) is 6.32. The maximum atomic E-state index is 11.7. The molecule has 86 valence electrons. The lowest BCUT2D eigenvalue weighted by atomic mass is 9.88. The molecular formula is C13H23NO. The van der Waals surface area contributed by atoms with E-state index in [0.29, 0.717) is 5.78 Å². The number of carbonyl (C=O) groups is 1. The first-order valence-electron chi connectivity index (χ1n) is 6.39. The lowest BCUT2D eigenvalue weighted by Crippen LogP contribution is -2.45. The smallest absolute Gasteiger partial charge is 0.153 e. The van der Waals surface area contributed by atoms with Gasteiger partial charge in [0.25, 0.3) is 0 Å². The first-order valence-corrected chi connectivity index (χ1v) is 6.39. The molecule has 0 amide bonds. The predicted molar refractivity (Wildman–Crippen MR) is 61.9 cm³/mol. The lowest BCUT2D eigenvalue weighted by Gasteiger charge is -2.34. The number of nitrogens with zero attached hydrogens (tertiary/aromatic N) is 1. The summed E-state index contributed by atoms with van der Waals surface area (Å²) in [7, 11) is 0. The summed E-state index contributed by atoms with van der Waals surface area (Å²) in [4.78, 5) is 14.1. The summed E-state index contributed by atoms with van der Waals surface area (Å²) >= 11 is 0. The van der Waals surface area contributed by atoms with Gasteiger partial charge in [-0.3, -0.25) is 9.69 Å². The van der Waals surface area contributed by atoms with E-state index in [2.05, 4.69) is 18.7 Å². The third-order valence-electron chi connectivity index (χ3n) is 4.29. The van der Waals surface area contributed by atoms with Crippen LogP contribution in [-0.4, -0.2) is 29.3 Å². The minimum atomic E-state index is -0.183. The Hall–Kier alpha value is -0.370. The quantitative estimate of drug-likeness (QED) is 0.697. The SMILES string of the molecule is CC1(C)C(=O)CCN1CC1CCCCC1. The van der Waals surface area contributed by atoms with Crippen molar-refractivity contribution in [3.8, 4) is 0 Å². The van der Waals surface area contributed by atoms with Crippen LogP contribution in [0.1, 0.15) is 52.4 Å². The van der Waals surface area contributed by atoms with Crippen molar-refractivity contribution in [3.05, 3.63) is 0 Å². The van der Waals surface area contributed by atoms with Gasteiger partial charge in [-0.1, -0.05) is 19.3 Å². The first kappa shape index (κ1) is 11.1. The molecule has 1 aliphatic carbocycles. The zero-order valence-corrected chi connectivity index (χ0v) is 10.1. The molecule has 0 aromatic carbocycles. The molecule has 2 fully saturated rings. The van der Waals surface area contributed by atoms with Crippen LogP contribution in [0.4, 0.5) is 0 Å². The highest BCUT2D eigenvalue weighted by Gasteiger charge is 2.40. The number of rotatable bonds is 2. The van der Waals surface area contributed by atoms with Crippen LogP contribution in [0.15, 0.2) is 0 Å². The topological polar surface area (TPSA) is 20.3 Å². The van der Waals surface area contributed by atoms with Gasteiger partial charge in [-0.15, -0.1) is 0 Å². The molecular weight excluding hydrogens is 186 g/mol. The number of hydrogen-bond donors (Lipinski definition) is 0. The zero-order chi connectivity index (χ0) is 10.9. The Morgan fingerprint density at radius 1 is 1.27 bits per heavy atom. The highest BCUT2D eigenvalue weighted by Crippen LogP contribution is 2.30. The predicted octanol–water partition coefficient (Wildman–Crippen LogP) is 2.62. The highest BCUT2D eigenvalue weighted by molar-refractivity contribution is 5.89. The molecule has 2 aliphatic rings. The van der Waals surface area contributed by atoms with Crippen LogP contribution in [0.5, 0.6) is 0 Å². The molecule has 0 N–H and O–H groups in total. The molecule has 2 nitrogen and oxygen atoms in total. The number of Topliss-reactive ketones (excluding diaryl/α,β-unsaturated/α-hetero) is 1. The van der Waals surface area contributed by atoms with Gasteiger partial charge in [0.05, 0.1) is 5.54 Å². The summed E-state index contributed by atoms with van der Waals surface area (Å²) in [5.41, 5.74) is -0.183. The van der Waals surface area contributed by atoms with Gasteiger partial charge in [0.15, 0.2) is 5.78 Å². The largest absolute Gasteiger partial charge is 0.298 e. The maximum absolute atomic E-state index is 11.7. The molecule has 2 heteroatoms. The van der Waals surface area contributed by atoms with Crippen LogP contribution in [-0.2, 0) is 4.79 Å². The molecule has 0 bridgehead atoms. The molecule has 0 aromatic heterocycles. The molecule has 1 heterocycles. The molecule has 0 unspecified atom stereocenters. The van der Waals surface area contributed by atoms with Gasteiger partial charge in [0.2, 0.25) is 0 Å². The lowest BCUT2D eigenvalue weighted by molar-refractivity contribution is -0.123. The Bertz CT molecular complexity index is 241. The molecule has 1 saturated heterocycles. The van der Waals surface area contributed by atoms with E-state index >= 15 is 0 Å². The third-order valence-corrected chi connectivity index (χ3v) is 4.29. The van der Waals surface area contributed by atoms with Crippen molar-refractivity contribution in [2.45, 2.75) is 57.9 Å². The van der Waals surface area contributed by atoms with Crippen molar-refractivity contribution >= 4 is 5.78 Å². The summed E-state index contributed by atoms with van der Waals surface area (Å²) in [5.74, 6) is 1.28. The van der Waals surface area contributed by atoms with Gasteiger partial charge < -0.3 is 0 Å². The maximum Gasteiger partial charge on any atom is 0.153 e. The second kappa shape index (κ2) is 4.25. The number of hydrogen-bond acceptors (Lipinski definition) is 2. The Balaban J connectivity index is 1.91. The van der Waals surface area contributed by atoms with Crippen molar-refractivity contribution in [2.75, 3.05) is 13.1 Å². The Kier molecular flexibility index (Phi) is 3.15. The van der Waals surface area contributed by atoms with E-state index in [0.717, 1.165) is 25.4 Å². The molecule has 0 spiro atoms. The van der Waals surface area contributed by atoms with Gasteiger partial charge in [-0.2, -0.15) is 0 Å². The highest BCUT2D eigenvalue weighted by atomic mass is 16.1. The molecule has 0 radical (unpaired) electrons. The van der Waals surface area contributed by atoms with Gasteiger partial charge in [0, 0.05) is 19.5 Å². The van der Waals surface area contributed by atoms with Crippen LogP contribution >= 0.6 is 0 Å². The van der Waals surface area contributed by atoms with Crippen molar-refractivity contribution in [1.82, 2.24) is 4.90 Å². The standard InChI is InChI=1S/C13H23NO/c1-13(2)12(15)8-9-14(13)10-11-6-4-3-5-7-11/h11H,3-10H2,1-2H3. The average molecular weight is 209 g/mol. The van der Waals surface area contributed by atoms with E-state index in [9.17, 15) is 4.79 Å².